The zero-order valence-corrected chi connectivity index (χ0v) is 10.4. The second-order valence-corrected chi connectivity index (χ2v) is 4.23. The molecule has 20 heavy (non-hydrogen) atoms. The first-order valence-electron chi connectivity index (χ1n) is 5.90. The van der Waals surface area contributed by atoms with E-state index in [-0.39, 0.29) is 11.3 Å². The third kappa shape index (κ3) is 2.55. The Morgan fingerprint density at radius 3 is 2.50 bits per heavy atom. The minimum atomic E-state index is -1.42. The second-order valence-electron chi connectivity index (χ2n) is 4.23. The maximum Gasteiger partial charge on any atom is 0.328 e. The molecular weight excluding hydrogens is 262 g/mol. The number of hydrogen-bond acceptors (Lipinski definition) is 4. The summed E-state index contributed by atoms with van der Waals surface area (Å²) in [6.07, 6.45) is 0. The number of aliphatic carboxylic acids is 1. The SMILES string of the molecule is O=C(N[C@@H](CO)C(=O)O)c1c(O)ccc2ccccc12. The van der Waals surface area contributed by atoms with Crippen molar-refractivity contribution in [1.29, 1.82) is 0 Å². The maximum absolute atomic E-state index is 12.1. The summed E-state index contributed by atoms with van der Waals surface area (Å²) in [5, 5.41) is 31.0. The number of aliphatic hydroxyl groups excluding tert-OH is 1. The molecule has 0 fully saturated rings. The molecule has 0 saturated heterocycles. The van der Waals surface area contributed by atoms with Crippen molar-refractivity contribution in [1.82, 2.24) is 5.32 Å². The Kier molecular flexibility index (Phi) is 3.86. The molecule has 0 aliphatic carbocycles. The largest absolute Gasteiger partial charge is 0.507 e. The number of aliphatic hydroxyl groups is 1. The Morgan fingerprint density at radius 2 is 1.85 bits per heavy atom. The Morgan fingerprint density at radius 1 is 1.15 bits per heavy atom. The van der Waals surface area contributed by atoms with Crippen molar-refractivity contribution in [2.24, 2.45) is 0 Å². The minimum absolute atomic E-state index is 0.0113. The number of carbonyl (C=O) groups excluding carboxylic acids is 1. The van der Waals surface area contributed by atoms with Crippen LogP contribution in [0.4, 0.5) is 0 Å². The molecule has 0 heterocycles. The number of amides is 1. The lowest BCUT2D eigenvalue weighted by Crippen LogP contribution is -2.43. The highest BCUT2D eigenvalue weighted by Gasteiger charge is 2.22. The summed E-state index contributed by atoms with van der Waals surface area (Å²) in [6.45, 7) is -0.730. The lowest BCUT2D eigenvalue weighted by molar-refractivity contribution is -0.140. The zero-order valence-electron chi connectivity index (χ0n) is 10.4. The summed E-state index contributed by atoms with van der Waals surface area (Å²) in [7, 11) is 0. The van der Waals surface area contributed by atoms with Crippen LogP contribution in [0.15, 0.2) is 36.4 Å². The van der Waals surface area contributed by atoms with E-state index in [0.29, 0.717) is 5.39 Å². The first-order valence-corrected chi connectivity index (χ1v) is 5.90. The molecule has 2 rings (SSSR count). The molecule has 2 aromatic carbocycles. The molecule has 104 valence electrons. The molecule has 6 heteroatoms. The number of phenolic OH excluding ortho intramolecular Hbond substituents is 1. The van der Waals surface area contributed by atoms with Crippen LogP contribution in [-0.4, -0.2) is 39.8 Å². The molecule has 4 N–H and O–H groups in total. The molecule has 0 saturated carbocycles. The Balaban J connectivity index is 2.44. The van der Waals surface area contributed by atoms with Crippen LogP contribution in [-0.2, 0) is 4.79 Å². The number of nitrogens with one attached hydrogen (secondary N) is 1. The average Bonchev–Trinajstić information content (AvgIpc) is 2.44. The van der Waals surface area contributed by atoms with Crippen molar-refractivity contribution >= 4 is 22.6 Å². The zero-order chi connectivity index (χ0) is 14.7. The van der Waals surface area contributed by atoms with Gasteiger partial charge >= 0.3 is 5.97 Å². The third-order valence-corrected chi connectivity index (χ3v) is 2.92. The summed E-state index contributed by atoms with van der Waals surface area (Å²) in [5.41, 5.74) is -0.0113. The van der Waals surface area contributed by atoms with Crippen molar-refractivity contribution in [3.8, 4) is 5.75 Å². The van der Waals surface area contributed by atoms with Gasteiger partial charge in [-0.05, 0) is 16.8 Å². The summed E-state index contributed by atoms with van der Waals surface area (Å²) in [6, 6.07) is 8.52. The van der Waals surface area contributed by atoms with E-state index in [1.54, 1.807) is 30.3 Å². The number of carbonyl (C=O) groups is 2. The van der Waals surface area contributed by atoms with E-state index in [2.05, 4.69) is 5.32 Å². The van der Waals surface area contributed by atoms with Crippen molar-refractivity contribution in [2.45, 2.75) is 6.04 Å². The number of rotatable bonds is 4. The normalized spacial score (nSPS) is 12.1. The van der Waals surface area contributed by atoms with Crippen molar-refractivity contribution in [3.05, 3.63) is 42.0 Å². The molecule has 1 atom stereocenters. The lowest BCUT2D eigenvalue weighted by Gasteiger charge is -2.14. The van der Waals surface area contributed by atoms with Crippen LogP contribution < -0.4 is 5.32 Å². The van der Waals surface area contributed by atoms with Crippen molar-refractivity contribution in [3.63, 3.8) is 0 Å². The molecule has 0 unspecified atom stereocenters. The fraction of sp³-hybridized carbons (Fsp3) is 0.143. The monoisotopic (exact) mass is 275 g/mol. The van der Waals surface area contributed by atoms with Gasteiger partial charge in [-0.1, -0.05) is 30.3 Å². The van der Waals surface area contributed by atoms with E-state index in [9.17, 15) is 14.7 Å². The second kappa shape index (κ2) is 5.58. The molecule has 0 aliphatic rings. The molecule has 0 aliphatic heterocycles. The number of carboxylic acid groups (broad SMARTS) is 1. The standard InChI is InChI=1S/C14H13NO5/c16-7-10(14(19)20)15-13(18)12-9-4-2-1-3-8(9)5-6-11(12)17/h1-6,10,16-17H,7H2,(H,15,18)(H,19,20)/t10-/m0/s1. The number of phenols is 1. The fourth-order valence-electron chi connectivity index (χ4n) is 1.91. The van der Waals surface area contributed by atoms with Crippen LogP contribution in [0.2, 0.25) is 0 Å². The smallest absolute Gasteiger partial charge is 0.328 e. The van der Waals surface area contributed by atoms with Crippen LogP contribution in [0.3, 0.4) is 0 Å². The number of carboxylic acids is 1. The van der Waals surface area contributed by atoms with Crippen LogP contribution in [0.25, 0.3) is 10.8 Å². The van der Waals surface area contributed by atoms with E-state index in [1.807, 2.05) is 0 Å². The summed E-state index contributed by atoms with van der Waals surface area (Å²) in [4.78, 5) is 22.9. The van der Waals surface area contributed by atoms with E-state index >= 15 is 0 Å². The van der Waals surface area contributed by atoms with Crippen molar-refractivity contribution in [2.75, 3.05) is 6.61 Å². The van der Waals surface area contributed by atoms with Gasteiger partial charge in [0.25, 0.3) is 5.91 Å². The highest BCUT2D eigenvalue weighted by molar-refractivity contribution is 6.10. The number of benzene rings is 2. The molecular formula is C14H13NO5. The Labute approximate surface area is 114 Å². The van der Waals surface area contributed by atoms with E-state index in [4.69, 9.17) is 10.2 Å². The number of hydrogen-bond donors (Lipinski definition) is 4. The average molecular weight is 275 g/mol. The Hall–Kier alpha value is -2.60. The van der Waals surface area contributed by atoms with Gasteiger partial charge < -0.3 is 20.6 Å². The van der Waals surface area contributed by atoms with Gasteiger partial charge in [-0.3, -0.25) is 4.79 Å². The van der Waals surface area contributed by atoms with Crippen LogP contribution in [0.1, 0.15) is 10.4 Å². The van der Waals surface area contributed by atoms with Crippen LogP contribution >= 0.6 is 0 Å². The summed E-state index contributed by atoms with van der Waals surface area (Å²) < 4.78 is 0. The quantitative estimate of drug-likeness (QED) is 0.657. The van der Waals surface area contributed by atoms with E-state index in [0.717, 1.165) is 5.39 Å². The van der Waals surface area contributed by atoms with Gasteiger partial charge in [0.1, 0.15) is 5.75 Å². The third-order valence-electron chi connectivity index (χ3n) is 2.92. The molecule has 2 aromatic rings. The first kappa shape index (κ1) is 13.8. The van der Waals surface area contributed by atoms with E-state index in [1.165, 1.54) is 6.07 Å². The van der Waals surface area contributed by atoms with Crippen molar-refractivity contribution < 1.29 is 24.9 Å². The molecule has 6 nitrogen and oxygen atoms in total. The molecule has 0 spiro atoms. The van der Waals surface area contributed by atoms with Crippen LogP contribution in [0, 0.1) is 0 Å². The van der Waals surface area contributed by atoms with Gasteiger partial charge in [-0.25, -0.2) is 4.79 Å². The highest BCUT2D eigenvalue weighted by Crippen LogP contribution is 2.26. The summed E-state index contributed by atoms with van der Waals surface area (Å²) in [5.74, 6) is -2.34. The maximum atomic E-state index is 12.1. The first-order chi connectivity index (χ1) is 9.54. The van der Waals surface area contributed by atoms with Crippen LogP contribution in [0.5, 0.6) is 5.75 Å². The molecule has 0 bridgehead atoms. The number of aromatic hydroxyl groups is 1. The topological polar surface area (TPSA) is 107 Å². The number of fused-ring (bicyclic) bond motifs is 1. The van der Waals surface area contributed by atoms with Gasteiger partial charge in [0.05, 0.1) is 12.2 Å². The predicted octanol–water partition coefficient (Wildman–Crippen LogP) is 0.721. The molecule has 1 amide bonds. The van der Waals surface area contributed by atoms with Gasteiger partial charge in [0.2, 0.25) is 0 Å². The Bertz CT molecular complexity index is 668. The van der Waals surface area contributed by atoms with Gasteiger partial charge in [-0.2, -0.15) is 0 Å². The fourth-order valence-corrected chi connectivity index (χ4v) is 1.91. The highest BCUT2D eigenvalue weighted by atomic mass is 16.4. The minimum Gasteiger partial charge on any atom is -0.507 e. The lowest BCUT2D eigenvalue weighted by atomic mass is 10.0. The van der Waals surface area contributed by atoms with Gasteiger partial charge in [-0.15, -0.1) is 0 Å². The molecule has 0 radical (unpaired) electrons. The van der Waals surface area contributed by atoms with E-state index < -0.39 is 24.5 Å². The van der Waals surface area contributed by atoms with Gasteiger partial charge in [0, 0.05) is 0 Å². The molecule has 0 aromatic heterocycles. The predicted molar refractivity (Wildman–Crippen MR) is 71.6 cm³/mol. The van der Waals surface area contributed by atoms with Gasteiger partial charge in [0.15, 0.2) is 6.04 Å². The summed E-state index contributed by atoms with van der Waals surface area (Å²) >= 11 is 0.